The highest BCUT2D eigenvalue weighted by atomic mass is 16.6. The number of phenolic OH excluding ortho intramolecular Hbond substituents is 1. The molecule has 0 aliphatic carbocycles. The Balaban J connectivity index is 1.70. The van der Waals surface area contributed by atoms with Crippen LogP contribution in [-0.4, -0.2) is 42.5 Å². The first kappa shape index (κ1) is 17.0. The number of hydrogen-bond acceptors (Lipinski definition) is 6. The van der Waals surface area contributed by atoms with Gasteiger partial charge < -0.3 is 24.6 Å². The van der Waals surface area contributed by atoms with Gasteiger partial charge in [0.05, 0.1) is 19.2 Å². The number of rotatable bonds is 5. The maximum Gasteiger partial charge on any atom is 0.407 e. The molecular weight excluding hydrogens is 348 g/mol. The first-order valence-electron chi connectivity index (χ1n) is 8.47. The van der Waals surface area contributed by atoms with E-state index in [0.717, 1.165) is 22.0 Å². The minimum Gasteiger partial charge on any atom is -0.504 e. The molecule has 3 aromatic rings. The summed E-state index contributed by atoms with van der Waals surface area (Å²) in [6.07, 6.45) is 0.956. The summed E-state index contributed by atoms with van der Waals surface area (Å²) in [5, 5.41) is 13.3. The molecule has 7 heteroatoms. The topological polar surface area (TPSA) is 89.9 Å². The maximum atomic E-state index is 11.2. The van der Waals surface area contributed by atoms with Gasteiger partial charge in [-0.1, -0.05) is 6.07 Å². The molecule has 1 saturated heterocycles. The molecule has 1 unspecified atom stereocenters. The number of aromatic nitrogens is 1. The van der Waals surface area contributed by atoms with Crippen LogP contribution in [0.15, 0.2) is 48.7 Å². The standard InChI is InChI=1S/C20H18N2O5/c1-25-19-8-12(4-5-17(19)23)13-7-16-15(3-2-6-21-16)18(9-13)26-11-14-10-22-20(24)27-14/h2-9,14,23H,10-11H2,1H3,(H,22,24). The minimum absolute atomic E-state index is 0.0761. The minimum atomic E-state index is -0.430. The molecule has 2 N–H and O–H groups in total. The Bertz CT molecular complexity index is 1000. The smallest absolute Gasteiger partial charge is 0.407 e. The van der Waals surface area contributed by atoms with E-state index >= 15 is 0 Å². The van der Waals surface area contributed by atoms with E-state index in [1.807, 2.05) is 24.3 Å². The Morgan fingerprint density at radius 1 is 1.22 bits per heavy atom. The third kappa shape index (κ3) is 3.44. The van der Waals surface area contributed by atoms with Gasteiger partial charge in [0, 0.05) is 11.6 Å². The molecule has 1 amide bonds. The van der Waals surface area contributed by atoms with Crippen LogP contribution in [0.25, 0.3) is 22.0 Å². The number of nitrogens with zero attached hydrogens (tertiary/aromatic N) is 1. The van der Waals surface area contributed by atoms with Gasteiger partial charge in [-0.2, -0.15) is 0 Å². The van der Waals surface area contributed by atoms with Gasteiger partial charge in [-0.25, -0.2) is 4.79 Å². The van der Waals surface area contributed by atoms with Crippen LogP contribution < -0.4 is 14.8 Å². The van der Waals surface area contributed by atoms with Gasteiger partial charge in [0.1, 0.15) is 12.4 Å². The fraction of sp³-hybridized carbons (Fsp3) is 0.200. The van der Waals surface area contributed by atoms with Crippen molar-refractivity contribution in [2.45, 2.75) is 6.10 Å². The molecule has 4 rings (SSSR count). The maximum absolute atomic E-state index is 11.2. The Morgan fingerprint density at radius 3 is 2.85 bits per heavy atom. The lowest BCUT2D eigenvalue weighted by molar-refractivity contribution is 0.105. The van der Waals surface area contributed by atoms with Crippen molar-refractivity contribution in [1.82, 2.24) is 10.3 Å². The van der Waals surface area contributed by atoms with Crippen LogP contribution in [0.5, 0.6) is 17.2 Å². The quantitative estimate of drug-likeness (QED) is 0.721. The van der Waals surface area contributed by atoms with Crippen molar-refractivity contribution in [2.24, 2.45) is 0 Å². The van der Waals surface area contributed by atoms with Crippen molar-refractivity contribution in [3.8, 4) is 28.4 Å². The molecular formula is C20H18N2O5. The van der Waals surface area contributed by atoms with Gasteiger partial charge >= 0.3 is 6.09 Å². The van der Waals surface area contributed by atoms with Crippen molar-refractivity contribution in [1.29, 1.82) is 0 Å². The van der Waals surface area contributed by atoms with E-state index in [1.54, 1.807) is 24.4 Å². The fourth-order valence-corrected chi connectivity index (χ4v) is 3.00. The number of carbonyl (C=O) groups is 1. The van der Waals surface area contributed by atoms with Crippen LogP contribution in [0.1, 0.15) is 0 Å². The predicted molar refractivity (Wildman–Crippen MR) is 99.2 cm³/mol. The largest absolute Gasteiger partial charge is 0.504 e. The molecule has 1 aromatic heterocycles. The number of nitrogens with one attached hydrogen (secondary N) is 1. The molecule has 2 aromatic carbocycles. The Labute approximate surface area is 155 Å². The number of alkyl carbamates (subject to hydrolysis) is 1. The second kappa shape index (κ2) is 7.03. The SMILES string of the molecule is COc1cc(-c2cc(OCC3CNC(=O)O3)c3cccnc3c2)ccc1O. The molecule has 7 nitrogen and oxygen atoms in total. The van der Waals surface area contributed by atoms with E-state index in [1.165, 1.54) is 7.11 Å². The molecule has 1 aliphatic rings. The van der Waals surface area contributed by atoms with Gasteiger partial charge in [0.2, 0.25) is 0 Å². The highest BCUT2D eigenvalue weighted by molar-refractivity contribution is 5.90. The fourth-order valence-electron chi connectivity index (χ4n) is 3.00. The summed E-state index contributed by atoms with van der Waals surface area (Å²) in [7, 11) is 1.51. The van der Waals surface area contributed by atoms with E-state index in [0.29, 0.717) is 18.0 Å². The second-order valence-corrected chi connectivity index (χ2v) is 6.15. The molecule has 0 saturated carbocycles. The van der Waals surface area contributed by atoms with E-state index in [2.05, 4.69) is 10.3 Å². The summed E-state index contributed by atoms with van der Waals surface area (Å²) >= 11 is 0. The lowest BCUT2D eigenvalue weighted by atomic mass is 10.0. The van der Waals surface area contributed by atoms with Gasteiger partial charge in [-0.05, 0) is 47.5 Å². The molecule has 0 spiro atoms. The van der Waals surface area contributed by atoms with E-state index < -0.39 is 6.09 Å². The lowest BCUT2D eigenvalue weighted by Gasteiger charge is -2.14. The number of aromatic hydroxyl groups is 1. The molecule has 0 bridgehead atoms. The van der Waals surface area contributed by atoms with Gasteiger partial charge in [-0.3, -0.25) is 4.98 Å². The van der Waals surface area contributed by atoms with Crippen LogP contribution in [-0.2, 0) is 4.74 Å². The third-order valence-corrected chi connectivity index (χ3v) is 4.37. The zero-order valence-corrected chi connectivity index (χ0v) is 14.6. The summed E-state index contributed by atoms with van der Waals surface area (Å²) in [5.41, 5.74) is 2.51. The zero-order valence-electron chi connectivity index (χ0n) is 14.6. The predicted octanol–water partition coefficient (Wildman–Crippen LogP) is 3.10. The number of methoxy groups -OCH3 is 1. The van der Waals surface area contributed by atoms with Gasteiger partial charge in [0.15, 0.2) is 17.6 Å². The molecule has 2 heterocycles. The number of amides is 1. The number of carbonyl (C=O) groups excluding carboxylic acids is 1. The highest BCUT2D eigenvalue weighted by Gasteiger charge is 2.23. The van der Waals surface area contributed by atoms with Crippen molar-refractivity contribution in [3.05, 3.63) is 48.7 Å². The van der Waals surface area contributed by atoms with Crippen molar-refractivity contribution in [3.63, 3.8) is 0 Å². The van der Waals surface area contributed by atoms with Crippen molar-refractivity contribution >= 4 is 17.0 Å². The summed E-state index contributed by atoms with van der Waals surface area (Å²) in [6.45, 7) is 0.662. The Morgan fingerprint density at radius 2 is 2.07 bits per heavy atom. The number of ether oxygens (including phenoxy) is 3. The van der Waals surface area contributed by atoms with E-state index in [-0.39, 0.29) is 18.5 Å². The summed E-state index contributed by atoms with van der Waals surface area (Å²) in [4.78, 5) is 15.6. The number of phenols is 1. The van der Waals surface area contributed by atoms with Crippen LogP contribution in [0.3, 0.4) is 0 Å². The summed E-state index contributed by atoms with van der Waals surface area (Å²) in [6, 6.07) is 12.8. The van der Waals surface area contributed by atoms with Crippen LogP contribution in [0.4, 0.5) is 4.79 Å². The third-order valence-electron chi connectivity index (χ3n) is 4.37. The number of cyclic esters (lactones) is 1. The van der Waals surface area contributed by atoms with Crippen LogP contribution in [0.2, 0.25) is 0 Å². The average Bonchev–Trinajstić information content (AvgIpc) is 3.11. The number of hydrogen-bond donors (Lipinski definition) is 2. The molecule has 0 radical (unpaired) electrons. The monoisotopic (exact) mass is 366 g/mol. The molecule has 1 atom stereocenters. The van der Waals surface area contributed by atoms with Crippen molar-refractivity contribution in [2.75, 3.05) is 20.3 Å². The van der Waals surface area contributed by atoms with E-state index in [9.17, 15) is 9.90 Å². The number of fused-ring (bicyclic) bond motifs is 1. The molecule has 1 fully saturated rings. The normalized spacial score (nSPS) is 16.0. The van der Waals surface area contributed by atoms with Gasteiger partial charge in [-0.15, -0.1) is 0 Å². The number of pyridine rings is 1. The molecule has 1 aliphatic heterocycles. The zero-order chi connectivity index (χ0) is 18.8. The average molecular weight is 366 g/mol. The van der Waals surface area contributed by atoms with Crippen molar-refractivity contribution < 1.29 is 24.1 Å². The summed E-state index contributed by atoms with van der Waals surface area (Å²) in [5.74, 6) is 1.11. The Kier molecular flexibility index (Phi) is 4.42. The molecule has 27 heavy (non-hydrogen) atoms. The number of benzene rings is 2. The summed E-state index contributed by atoms with van der Waals surface area (Å²) < 4.78 is 16.3. The Hall–Kier alpha value is -3.48. The van der Waals surface area contributed by atoms with Crippen LogP contribution in [0, 0.1) is 0 Å². The first-order valence-corrected chi connectivity index (χ1v) is 8.47. The molecule has 138 valence electrons. The highest BCUT2D eigenvalue weighted by Crippen LogP contribution is 2.35. The van der Waals surface area contributed by atoms with E-state index in [4.69, 9.17) is 14.2 Å². The second-order valence-electron chi connectivity index (χ2n) is 6.15. The van der Waals surface area contributed by atoms with Crippen LogP contribution >= 0.6 is 0 Å². The first-order chi connectivity index (χ1) is 13.1. The lowest BCUT2D eigenvalue weighted by Crippen LogP contribution is -2.22. The van der Waals surface area contributed by atoms with Gasteiger partial charge in [0.25, 0.3) is 0 Å².